The van der Waals surface area contributed by atoms with Crippen molar-refractivity contribution in [2.75, 3.05) is 5.32 Å². The number of hydrogen-bond donors (Lipinski definition) is 2. The van der Waals surface area contributed by atoms with Crippen LogP contribution in [0.15, 0.2) is 35.1 Å². The number of H-pyrrole nitrogens is 1. The molecule has 0 aliphatic carbocycles. The fourth-order valence-corrected chi connectivity index (χ4v) is 2.12. The van der Waals surface area contributed by atoms with Gasteiger partial charge in [-0.15, -0.1) is 0 Å². The molecular weight excluding hydrogens is 323 g/mol. The van der Waals surface area contributed by atoms with Crippen molar-refractivity contribution in [1.29, 1.82) is 0 Å². The SMILES string of the molecule is CC(Nc1ccc(C(F)(F)F)cc1Br)c1cn[nH]c1. The van der Waals surface area contributed by atoms with Gasteiger partial charge in [0.05, 0.1) is 17.8 Å². The number of aromatic amines is 1. The lowest BCUT2D eigenvalue weighted by Gasteiger charge is -2.16. The largest absolute Gasteiger partial charge is 0.416 e. The first kappa shape index (κ1) is 13.9. The lowest BCUT2D eigenvalue weighted by molar-refractivity contribution is -0.137. The normalized spacial score (nSPS) is 13.3. The number of nitrogens with one attached hydrogen (secondary N) is 2. The maximum absolute atomic E-state index is 12.5. The predicted octanol–water partition coefficient (Wildman–Crippen LogP) is 4.36. The van der Waals surface area contributed by atoms with E-state index in [9.17, 15) is 13.2 Å². The van der Waals surface area contributed by atoms with Crippen LogP contribution in [-0.4, -0.2) is 10.2 Å². The van der Waals surface area contributed by atoms with Crippen molar-refractivity contribution >= 4 is 21.6 Å². The van der Waals surface area contributed by atoms with Gasteiger partial charge in [-0.05, 0) is 41.1 Å². The lowest BCUT2D eigenvalue weighted by atomic mass is 10.1. The molecule has 0 spiro atoms. The number of hydrogen-bond acceptors (Lipinski definition) is 2. The molecule has 0 saturated carbocycles. The highest BCUT2D eigenvalue weighted by Gasteiger charge is 2.30. The van der Waals surface area contributed by atoms with Gasteiger partial charge in [0, 0.05) is 21.9 Å². The molecule has 0 saturated heterocycles. The summed E-state index contributed by atoms with van der Waals surface area (Å²) >= 11 is 3.15. The van der Waals surface area contributed by atoms with Crippen LogP contribution in [0.5, 0.6) is 0 Å². The molecule has 0 amide bonds. The molecule has 2 rings (SSSR count). The van der Waals surface area contributed by atoms with Crippen molar-refractivity contribution < 1.29 is 13.2 Å². The van der Waals surface area contributed by atoms with E-state index in [0.717, 1.165) is 17.7 Å². The number of alkyl halides is 3. The van der Waals surface area contributed by atoms with Crippen molar-refractivity contribution in [2.45, 2.75) is 19.1 Å². The molecule has 1 heterocycles. The van der Waals surface area contributed by atoms with Crippen LogP contribution >= 0.6 is 15.9 Å². The quantitative estimate of drug-likeness (QED) is 0.875. The zero-order valence-corrected chi connectivity index (χ0v) is 11.5. The number of aromatic nitrogens is 2. The van der Waals surface area contributed by atoms with Gasteiger partial charge in [-0.2, -0.15) is 18.3 Å². The molecule has 0 bridgehead atoms. The highest BCUT2D eigenvalue weighted by atomic mass is 79.9. The van der Waals surface area contributed by atoms with Crippen LogP contribution in [0.25, 0.3) is 0 Å². The third kappa shape index (κ3) is 3.28. The van der Waals surface area contributed by atoms with Crippen molar-refractivity contribution in [2.24, 2.45) is 0 Å². The van der Waals surface area contributed by atoms with Crippen molar-refractivity contribution in [3.63, 3.8) is 0 Å². The van der Waals surface area contributed by atoms with Crippen LogP contribution in [0.1, 0.15) is 24.1 Å². The Balaban J connectivity index is 2.18. The number of anilines is 1. The minimum absolute atomic E-state index is 0.0632. The van der Waals surface area contributed by atoms with E-state index in [1.807, 2.05) is 6.92 Å². The summed E-state index contributed by atoms with van der Waals surface area (Å²) in [7, 11) is 0. The van der Waals surface area contributed by atoms with E-state index in [1.165, 1.54) is 6.07 Å². The van der Waals surface area contributed by atoms with Gasteiger partial charge in [-0.3, -0.25) is 5.10 Å². The van der Waals surface area contributed by atoms with Crippen molar-refractivity contribution in [3.8, 4) is 0 Å². The van der Waals surface area contributed by atoms with E-state index in [0.29, 0.717) is 10.2 Å². The Kier molecular flexibility index (Phi) is 3.84. The average molecular weight is 334 g/mol. The summed E-state index contributed by atoms with van der Waals surface area (Å²) in [5.41, 5.74) is 0.842. The zero-order valence-electron chi connectivity index (χ0n) is 9.92. The molecule has 1 aromatic carbocycles. The smallest absolute Gasteiger partial charge is 0.377 e. The topological polar surface area (TPSA) is 40.7 Å². The summed E-state index contributed by atoms with van der Waals surface area (Å²) in [6.07, 6.45) is -0.942. The van der Waals surface area contributed by atoms with Gasteiger partial charge in [0.25, 0.3) is 0 Å². The fourth-order valence-electron chi connectivity index (χ4n) is 1.62. The number of nitrogens with zero attached hydrogens (tertiary/aromatic N) is 1. The van der Waals surface area contributed by atoms with E-state index in [1.54, 1.807) is 12.4 Å². The number of benzene rings is 1. The maximum atomic E-state index is 12.5. The Morgan fingerprint density at radius 3 is 2.63 bits per heavy atom. The monoisotopic (exact) mass is 333 g/mol. The Hall–Kier alpha value is -1.50. The Bertz CT molecular complexity index is 552. The summed E-state index contributed by atoms with van der Waals surface area (Å²) < 4.78 is 38.0. The first-order valence-corrected chi connectivity index (χ1v) is 6.29. The van der Waals surface area contributed by atoms with Crippen LogP contribution < -0.4 is 5.32 Å². The van der Waals surface area contributed by atoms with Gasteiger partial charge >= 0.3 is 6.18 Å². The third-order valence-corrected chi connectivity index (χ3v) is 3.34. The molecule has 1 unspecified atom stereocenters. The van der Waals surface area contributed by atoms with Crippen molar-refractivity contribution in [1.82, 2.24) is 10.2 Å². The van der Waals surface area contributed by atoms with Gasteiger partial charge < -0.3 is 5.32 Å². The maximum Gasteiger partial charge on any atom is 0.416 e. The molecule has 1 atom stereocenters. The van der Waals surface area contributed by atoms with E-state index in [4.69, 9.17) is 0 Å². The number of halogens is 4. The van der Waals surface area contributed by atoms with Crippen LogP contribution in [-0.2, 0) is 6.18 Å². The summed E-state index contributed by atoms with van der Waals surface area (Å²) in [6.45, 7) is 1.90. The molecule has 3 nitrogen and oxygen atoms in total. The fraction of sp³-hybridized carbons (Fsp3) is 0.250. The third-order valence-electron chi connectivity index (χ3n) is 2.69. The van der Waals surface area contributed by atoms with E-state index in [-0.39, 0.29) is 6.04 Å². The second kappa shape index (κ2) is 5.24. The lowest BCUT2D eigenvalue weighted by Crippen LogP contribution is -2.08. The van der Waals surface area contributed by atoms with Gasteiger partial charge in [-0.25, -0.2) is 0 Å². The minimum atomic E-state index is -4.34. The second-order valence-corrected chi connectivity index (χ2v) is 4.94. The molecule has 19 heavy (non-hydrogen) atoms. The molecule has 2 N–H and O–H groups in total. The molecule has 1 aromatic heterocycles. The standard InChI is InChI=1S/C12H11BrF3N3/c1-7(8-5-17-18-6-8)19-11-3-2-9(4-10(11)13)12(14,15)16/h2-7,19H,1H3,(H,17,18). The van der Waals surface area contributed by atoms with Crippen LogP contribution in [0.2, 0.25) is 0 Å². The predicted molar refractivity (Wildman–Crippen MR) is 69.8 cm³/mol. The van der Waals surface area contributed by atoms with Gasteiger partial charge in [0.15, 0.2) is 0 Å². The highest BCUT2D eigenvalue weighted by Crippen LogP contribution is 2.34. The zero-order chi connectivity index (χ0) is 14.0. The van der Waals surface area contributed by atoms with E-state index >= 15 is 0 Å². The van der Waals surface area contributed by atoms with E-state index < -0.39 is 11.7 Å². The van der Waals surface area contributed by atoms with Crippen LogP contribution in [0.4, 0.5) is 18.9 Å². The van der Waals surface area contributed by atoms with Crippen molar-refractivity contribution in [3.05, 3.63) is 46.2 Å². The molecule has 0 fully saturated rings. The van der Waals surface area contributed by atoms with Gasteiger partial charge in [-0.1, -0.05) is 0 Å². The first-order valence-electron chi connectivity index (χ1n) is 5.50. The Labute approximate surface area is 116 Å². The molecule has 7 heteroatoms. The molecule has 0 radical (unpaired) electrons. The van der Waals surface area contributed by atoms with Gasteiger partial charge in [0.2, 0.25) is 0 Å². The first-order chi connectivity index (χ1) is 8.88. The summed E-state index contributed by atoms with van der Waals surface area (Å²) in [6, 6.07) is 3.45. The van der Waals surface area contributed by atoms with Crippen LogP contribution in [0.3, 0.4) is 0 Å². The second-order valence-electron chi connectivity index (χ2n) is 4.09. The number of rotatable bonds is 3. The highest BCUT2D eigenvalue weighted by molar-refractivity contribution is 9.10. The summed E-state index contributed by atoms with van der Waals surface area (Å²) in [5, 5.41) is 9.63. The molecule has 0 aliphatic heterocycles. The minimum Gasteiger partial charge on any atom is -0.377 e. The summed E-state index contributed by atoms with van der Waals surface area (Å²) in [4.78, 5) is 0. The molecule has 102 valence electrons. The Morgan fingerprint density at radius 1 is 1.37 bits per heavy atom. The average Bonchev–Trinajstić information content (AvgIpc) is 2.84. The molecule has 0 aliphatic rings. The molecular formula is C12H11BrF3N3. The Morgan fingerprint density at radius 2 is 2.11 bits per heavy atom. The van der Waals surface area contributed by atoms with E-state index in [2.05, 4.69) is 31.4 Å². The molecule has 2 aromatic rings. The summed E-state index contributed by atoms with van der Waals surface area (Å²) in [5.74, 6) is 0. The van der Waals surface area contributed by atoms with Crippen LogP contribution in [0, 0.1) is 0 Å². The van der Waals surface area contributed by atoms with Gasteiger partial charge in [0.1, 0.15) is 0 Å².